The molecule has 0 aliphatic heterocycles. The van der Waals surface area contributed by atoms with Crippen molar-refractivity contribution >= 4 is 18.6 Å². The first-order valence-corrected chi connectivity index (χ1v) is 1.84. The lowest BCUT2D eigenvalue weighted by Gasteiger charge is -1.66. The molecule has 0 heterocycles. The Bertz CT molecular complexity index is 42.9. The van der Waals surface area contributed by atoms with Crippen molar-refractivity contribution in [2.75, 3.05) is 5.75 Å². The van der Waals surface area contributed by atoms with Crippen LogP contribution in [0.15, 0.2) is 0 Å². The first-order chi connectivity index (χ1) is 2.27. The summed E-state index contributed by atoms with van der Waals surface area (Å²) in [5.74, 6) is -0.804. The van der Waals surface area contributed by atoms with Gasteiger partial charge >= 0.3 is 5.97 Å². The van der Waals surface area contributed by atoms with Crippen LogP contribution in [0.1, 0.15) is 0 Å². The monoisotopic (exact) mass is 93.0 g/mol. The first kappa shape index (κ1) is 4.82. The summed E-state index contributed by atoms with van der Waals surface area (Å²) in [6.07, 6.45) is 0. The molecular weight excluding hydrogens is 88.1 g/mol. The van der Waals surface area contributed by atoms with E-state index in [0.29, 0.717) is 0 Å². The first-order valence-electron chi connectivity index (χ1n) is 1.13. The van der Waals surface area contributed by atoms with Crippen LogP contribution in [0, 0.1) is 0 Å². The van der Waals surface area contributed by atoms with Crippen LogP contribution in [-0.2, 0) is 17.4 Å². The van der Waals surface area contributed by atoms with Gasteiger partial charge in [-0.2, -0.15) is 0 Å². The third kappa shape index (κ3) is 3.82. The zero-order valence-electron chi connectivity index (χ0n) is 2.56. The van der Waals surface area contributed by atoms with E-state index in [1.807, 2.05) is 0 Å². The fourth-order valence-corrected chi connectivity index (χ4v) is 0. The van der Waals surface area contributed by atoms with Crippen molar-refractivity contribution in [1.82, 2.24) is 0 Å². The van der Waals surface area contributed by atoms with Crippen LogP contribution in [0.5, 0.6) is 0 Å². The lowest BCUT2D eigenvalue weighted by atomic mass is 10.8. The van der Waals surface area contributed by atoms with Crippen LogP contribution in [0.2, 0.25) is 0 Å². The molecule has 1 N–H and O–H groups in total. The molecule has 0 spiro atoms. The minimum atomic E-state index is -0.832. The summed E-state index contributed by atoms with van der Waals surface area (Å²) in [6.45, 7) is 0. The number of hydrogen-bond acceptors (Lipinski definition) is 1. The topological polar surface area (TPSA) is 37.3 Å². The second-order valence-corrected chi connectivity index (χ2v) is 0.924. The molecule has 5 heavy (non-hydrogen) atoms. The van der Waals surface area contributed by atoms with Gasteiger partial charge in [0, 0.05) is 0 Å². The Morgan fingerprint density at radius 1 is 2.00 bits per heavy atom. The van der Waals surface area contributed by atoms with Crippen molar-refractivity contribution in [2.24, 2.45) is 0 Å². The lowest BCUT2D eigenvalue weighted by Crippen LogP contribution is -1.96. The number of carboxylic acids is 1. The van der Waals surface area contributed by atoms with Crippen LogP contribution in [0.25, 0.3) is 0 Å². The number of carbonyl (C=O) groups is 1. The van der Waals surface area contributed by atoms with E-state index < -0.39 is 5.97 Å². The van der Waals surface area contributed by atoms with Crippen molar-refractivity contribution < 1.29 is 9.90 Å². The Hall–Kier alpha value is -0.180. The van der Waals surface area contributed by atoms with Crippen LogP contribution >= 0.6 is 0 Å². The van der Waals surface area contributed by atoms with Gasteiger partial charge in [0.1, 0.15) is 0 Å². The third-order valence-corrected chi connectivity index (χ3v) is 0.454. The number of rotatable bonds is 1. The second-order valence-electron chi connectivity index (χ2n) is 0.571. The van der Waals surface area contributed by atoms with E-state index in [1.165, 1.54) is 0 Å². The van der Waals surface area contributed by atoms with Crippen LogP contribution in [-0.4, -0.2) is 16.8 Å². The van der Waals surface area contributed by atoms with E-state index in [-0.39, 0.29) is 5.75 Å². The summed E-state index contributed by atoms with van der Waals surface area (Å²) < 4.78 is 0. The van der Waals surface area contributed by atoms with Gasteiger partial charge in [-0.3, -0.25) is 0 Å². The summed E-state index contributed by atoms with van der Waals surface area (Å²) in [5, 5.41) is 7.67. The standard InChI is InChI=1S/C2H4O2S/c3-2(4)1-5/h5H,1H2,(H,3,4)/p+1. The molecule has 0 aliphatic rings. The molecule has 0 fully saturated rings. The van der Waals surface area contributed by atoms with Gasteiger partial charge in [0.25, 0.3) is 0 Å². The zero-order chi connectivity index (χ0) is 4.28. The maximum atomic E-state index is 9.32. The summed E-state index contributed by atoms with van der Waals surface area (Å²) in [7, 11) is 0. The van der Waals surface area contributed by atoms with Gasteiger partial charge in [-0.15, -0.1) is 0 Å². The number of aliphatic carboxylic acids is 1. The highest BCUT2D eigenvalue weighted by Crippen LogP contribution is 1.52. The fourth-order valence-electron chi connectivity index (χ4n) is 0. The Morgan fingerprint density at radius 3 is 2.20 bits per heavy atom. The quantitative estimate of drug-likeness (QED) is 0.426. The van der Waals surface area contributed by atoms with E-state index in [2.05, 4.69) is 12.6 Å². The Labute approximate surface area is 35.2 Å². The van der Waals surface area contributed by atoms with Gasteiger partial charge in [0.2, 0.25) is 0 Å². The van der Waals surface area contributed by atoms with Gasteiger partial charge in [0.15, 0.2) is 5.75 Å². The van der Waals surface area contributed by atoms with Gasteiger partial charge < -0.3 is 5.11 Å². The third-order valence-electron chi connectivity index (χ3n) is 0.151. The highest BCUT2D eigenvalue weighted by atomic mass is 32.1. The van der Waals surface area contributed by atoms with E-state index >= 15 is 0 Å². The highest BCUT2D eigenvalue weighted by molar-refractivity contribution is 7.59. The molecule has 30 valence electrons. The normalized spacial score (nSPS) is 7.40. The molecule has 0 aromatic rings. The van der Waals surface area contributed by atoms with E-state index in [1.54, 1.807) is 0 Å². The highest BCUT2D eigenvalue weighted by Gasteiger charge is 1.88. The van der Waals surface area contributed by atoms with Crippen LogP contribution in [0.3, 0.4) is 0 Å². The van der Waals surface area contributed by atoms with Gasteiger partial charge in [-0.25, -0.2) is 4.79 Å². The van der Waals surface area contributed by atoms with Gasteiger partial charge in [0.05, 0.1) is 0 Å². The van der Waals surface area contributed by atoms with Crippen molar-refractivity contribution in [1.29, 1.82) is 0 Å². The van der Waals surface area contributed by atoms with Gasteiger partial charge in [-0.1, -0.05) is 0 Å². The van der Waals surface area contributed by atoms with Crippen LogP contribution < -0.4 is 0 Å². The lowest BCUT2D eigenvalue weighted by molar-refractivity contribution is -0.133. The average Bonchev–Trinajstić information content (AvgIpc) is 1.38. The largest absolute Gasteiger partial charge is 0.478 e. The fraction of sp³-hybridized carbons (Fsp3) is 0.500. The maximum Gasteiger partial charge on any atom is 0.353 e. The predicted molar refractivity (Wildman–Crippen MR) is 22.7 cm³/mol. The molecule has 0 saturated heterocycles. The SMILES string of the molecule is O=C(O)C[SH2+]. The zero-order valence-corrected chi connectivity index (χ0v) is 3.56. The minimum absolute atomic E-state index is 0.0278. The molecule has 0 radical (unpaired) electrons. The summed E-state index contributed by atoms with van der Waals surface area (Å²) in [4.78, 5) is 9.32. The second kappa shape index (κ2) is 2.08. The molecular formula is C2H5O2S+. The van der Waals surface area contributed by atoms with Crippen molar-refractivity contribution in [3.05, 3.63) is 0 Å². The Balaban J connectivity index is 2.85. The van der Waals surface area contributed by atoms with Crippen LogP contribution in [0.4, 0.5) is 0 Å². The van der Waals surface area contributed by atoms with Gasteiger partial charge in [-0.05, 0) is 12.6 Å². The molecule has 0 atom stereocenters. The number of carboxylic acid groups (broad SMARTS) is 1. The molecule has 0 saturated carbocycles. The smallest absolute Gasteiger partial charge is 0.353 e. The molecule has 0 unspecified atom stereocenters. The summed E-state index contributed by atoms with van der Waals surface area (Å²) in [6, 6.07) is 0. The molecule has 2 nitrogen and oxygen atoms in total. The van der Waals surface area contributed by atoms with Crippen molar-refractivity contribution in [2.45, 2.75) is 0 Å². The molecule has 0 bridgehead atoms. The van der Waals surface area contributed by atoms with E-state index in [0.717, 1.165) is 0 Å². The molecule has 3 heteroatoms. The van der Waals surface area contributed by atoms with Crippen molar-refractivity contribution in [3.63, 3.8) is 0 Å². The average molecular weight is 93.1 g/mol. The van der Waals surface area contributed by atoms with Crippen molar-refractivity contribution in [3.8, 4) is 0 Å². The molecule has 0 amide bonds. The molecule has 0 aliphatic carbocycles. The van der Waals surface area contributed by atoms with E-state index in [4.69, 9.17) is 5.11 Å². The summed E-state index contributed by atoms with van der Waals surface area (Å²) in [5.41, 5.74) is 0. The van der Waals surface area contributed by atoms with E-state index in [9.17, 15) is 4.79 Å². The number of hydrogen-bond donors (Lipinski definition) is 1. The molecule has 0 rings (SSSR count). The Morgan fingerprint density at radius 2 is 2.20 bits per heavy atom. The minimum Gasteiger partial charge on any atom is -0.478 e. The molecule has 0 aromatic carbocycles. The summed E-state index contributed by atoms with van der Waals surface area (Å²) >= 11 is 2.76. The molecule has 0 aromatic heterocycles. The Kier molecular flexibility index (Phi) is 2.01. The predicted octanol–water partition coefficient (Wildman–Crippen LogP) is -0.917. The maximum absolute atomic E-state index is 9.32.